The SMILES string of the molecule is O=C(O)c1cc(S(=O)(=O)NCC2CCCS2)cn1C1CC1. The van der Waals surface area contributed by atoms with Gasteiger partial charge in [-0.05, 0) is 37.5 Å². The summed E-state index contributed by atoms with van der Waals surface area (Å²) < 4.78 is 28.8. The second-order valence-corrected chi connectivity index (χ2v) is 8.67. The molecular weight excluding hydrogens is 312 g/mol. The van der Waals surface area contributed by atoms with E-state index in [-0.39, 0.29) is 16.6 Å². The molecule has 8 heteroatoms. The van der Waals surface area contributed by atoms with E-state index in [2.05, 4.69) is 4.72 Å². The number of hydrogen-bond acceptors (Lipinski definition) is 4. The number of carboxylic acids is 1. The topological polar surface area (TPSA) is 88.4 Å². The molecular formula is C13H18N2O4S2. The lowest BCUT2D eigenvalue weighted by Crippen LogP contribution is -2.29. The van der Waals surface area contributed by atoms with Crippen LogP contribution in [-0.4, -0.2) is 41.6 Å². The fourth-order valence-corrected chi connectivity index (χ4v) is 4.93. The highest BCUT2D eigenvalue weighted by atomic mass is 32.2. The van der Waals surface area contributed by atoms with Crippen LogP contribution in [0.1, 0.15) is 42.2 Å². The first-order valence-corrected chi connectivity index (χ1v) is 9.57. The van der Waals surface area contributed by atoms with Crippen LogP contribution >= 0.6 is 11.8 Å². The van der Waals surface area contributed by atoms with Gasteiger partial charge in [-0.15, -0.1) is 0 Å². The van der Waals surface area contributed by atoms with Gasteiger partial charge < -0.3 is 9.67 Å². The van der Waals surface area contributed by atoms with E-state index in [1.54, 1.807) is 16.3 Å². The third-order valence-electron chi connectivity index (χ3n) is 3.82. The zero-order valence-electron chi connectivity index (χ0n) is 11.5. The van der Waals surface area contributed by atoms with Crippen molar-refractivity contribution in [2.24, 2.45) is 0 Å². The summed E-state index contributed by atoms with van der Waals surface area (Å²) in [6.45, 7) is 0.407. The quantitative estimate of drug-likeness (QED) is 0.829. The fourth-order valence-electron chi connectivity index (χ4n) is 2.52. The number of sulfonamides is 1. The van der Waals surface area contributed by atoms with Gasteiger partial charge in [-0.1, -0.05) is 0 Å². The normalized spacial score (nSPS) is 22.6. The van der Waals surface area contributed by atoms with Gasteiger partial charge in [0.15, 0.2) is 0 Å². The lowest BCUT2D eigenvalue weighted by molar-refractivity contribution is 0.0685. The van der Waals surface area contributed by atoms with Crippen molar-refractivity contribution in [3.05, 3.63) is 18.0 Å². The van der Waals surface area contributed by atoms with Crippen LogP contribution in [0.5, 0.6) is 0 Å². The Kier molecular flexibility index (Phi) is 4.02. The van der Waals surface area contributed by atoms with Gasteiger partial charge in [0.25, 0.3) is 0 Å². The number of aromatic nitrogens is 1. The smallest absolute Gasteiger partial charge is 0.352 e. The Morgan fingerprint density at radius 2 is 2.19 bits per heavy atom. The van der Waals surface area contributed by atoms with E-state index in [9.17, 15) is 18.3 Å². The zero-order valence-corrected chi connectivity index (χ0v) is 13.1. The molecule has 3 rings (SSSR count). The molecule has 0 spiro atoms. The molecule has 6 nitrogen and oxygen atoms in total. The highest BCUT2D eigenvalue weighted by Gasteiger charge is 2.30. The van der Waals surface area contributed by atoms with Crippen LogP contribution in [-0.2, 0) is 10.0 Å². The third-order valence-corrected chi connectivity index (χ3v) is 6.61. The Labute approximate surface area is 128 Å². The molecule has 1 atom stereocenters. The average Bonchev–Trinajstić information content (AvgIpc) is 2.97. The predicted octanol–water partition coefficient (Wildman–Crippen LogP) is 1.70. The second kappa shape index (κ2) is 5.66. The standard InChI is InChI=1S/C13H18N2O4S2/c16-13(17)12-6-11(8-15(12)9-3-4-9)21(18,19)14-7-10-2-1-5-20-10/h6,8-10,14H,1-5,7H2,(H,16,17). The molecule has 2 N–H and O–H groups in total. The Bertz CT molecular complexity index is 643. The van der Waals surface area contributed by atoms with Crippen LogP contribution < -0.4 is 4.72 Å². The third kappa shape index (κ3) is 3.27. The number of hydrogen-bond donors (Lipinski definition) is 2. The van der Waals surface area contributed by atoms with E-state index in [4.69, 9.17) is 0 Å². The highest BCUT2D eigenvalue weighted by molar-refractivity contribution is 8.00. The summed E-state index contributed by atoms with van der Waals surface area (Å²) in [6, 6.07) is 1.38. The van der Waals surface area contributed by atoms with Crippen molar-refractivity contribution in [1.29, 1.82) is 0 Å². The van der Waals surface area contributed by atoms with E-state index in [0.29, 0.717) is 11.8 Å². The lowest BCUT2D eigenvalue weighted by atomic mass is 10.2. The first-order valence-electron chi connectivity index (χ1n) is 7.04. The number of carbonyl (C=O) groups is 1. The Hall–Kier alpha value is -0.990. The summed E-state index contributed by atoms with van der Waals surface area (Å²) >= 11 is 1.78. The summed E-state index contributed by atoms with van der Waals surface area (Å²) in [7, 11) is -3.64. The molecule has 1 saturated carbocycles. The molecule has 1 aromatic rings. The first-order chi connectivity index (χ1) is 9.97. The minimum atomic E-state index is -3.64. The molecule has 1 aliphatic carbocycles. The summed E-state index contributed by atoms with van der Waals surface area (Å²) in [6.07, 6.45) is 5.40. The summed E-state index contributed by atoms with van der Waals surface area (Å²) in [5, 5.41) is 9.51. The van der Waals surface area contributed by atoms with Crippen molar-refractivity contribution in [2.75, 3.05) is 12.3 Å². The minimum Gasteiger partial charge on any atom is -0.477 e. The fraction of sp³-hybridized carbons (Fsp3) is 0.615. The molecule has 1 aromatic heterocycles. The minimum absolute atomic E-state index is 0.0492. The van der Waals surface area contributed by atoms with E-state index >= 15 is 0 Å². The summed E-state index contributed by atoms with van der Waals surface area (Å²) in [5.41, 5.74) is 0.0492. The Morgan fingerprint density at radius 1 is 1.43 bits per heavy atom. The van der Waals surface area contributed by atoms with E-state index in [0.717, 1.165) is 31.4 Å². The highest BCUT2D eigenvalue weighted by Crippen LogP contribution is 2.37. The molecule has 0 aromatic carbocycles. The van der Waals surface area contributed by atoms with E-state index < -0.39 is 16.0 Å². The number of rotatable bonds is 6. The first kappa shape index (κ1) is 14.9. The van der Waals surface area contributed by atoms with Crippen molar-refractivity contribution in [2.45, 2.75) is 41.9 Å². The summed E-state index contributed by atoms with van der Waals surface area (Å²) in [5.74, 6) is -0.0112. The van der Waals surface area contributed by atoms with Gasteiger partial charge in [0.2, 0.25) is 10.0 Å². The van der Waals surface area contributed by atoms with Gasteiger partial charge in [-0.3, -0.25) is 0 Å². The van der Waals surface area contributed by atoms with Crippen molar-refractivity contribution < 1.29 is 18.3 Å². The summed E-state index contributed by atoms with van der Waals surface area (Å²) in [4.78, 5) is 11.3. The van der Waals surface area contributed by atoms with Gasteiger partial charge in [0, 0.05) is 24.0 Å². The molecule has 1 aliphatic heterocycles. The van der Waals surface area contributed by atoms with Gasteiger partial charge in [-0.25, -0.2) is 17.9 Å². The van der Waals surface area contributed by atoms with Crippen molar-refractivity contribution in [1.82, 2.24) is 9.29 Å². The Morgan fingerprint density at radius 3 is 2.76 bits per heavy atom. The molecule has 1 saturated heterocycles. The number of thioether (sulfide) groups is 1. The molecule has 2 aliphatic rings. The van der Waals surface area contributed by atoms with E-state index in [1.807, 2.05) is 0 Å². The molecule has 2 fully saturated rings. The maximum Gasteiger partial charge on any atom is 0.352 e. The van der Waals surface area contributed by atoms with Crippen LogP contribution in [0.2, 0.25) is 0 Å². The van der Waals surface area contributed by atoms with Crippen molar-refractivity contribution >= 4 is 27.8 Å². The molecule has 1 unspecified atom stereocenters. The van der Waals surface area contributed by atoms with Crippen LogP contribution in [0.4, 0.5) is 0 Å². The largest absolute Gasteiger partial charge is 0.477 e. The number of nitrogens with zero attached hydrogens (tertiary/aromatic N) is 1. The van der Waals surface area contributed by atoms with Crippen LogP contribution in [0, 0.1) is 0 Å². The number of aromatic carboxylic acids is 1. The molecule has 21 heavy (non-hydrogen) atoms. The van der Waals surface area contributed by atoms with Crippen LogP contribution in [0.25, 0.3) is 0 Å². The average molecular weight is 330 g/mol. The maximum absolute atomic E-state index is 12.3. The molecule has 2 heterocycles. The van der Waals surface area contributed by atoms with E-state index in [1.165, 1.54) is 12.3 Å². The molecule has 0 radical (unpaired) electrons. The second-order valence-electron chi connectivity index (χ2n) is 5.49. The van der Waals surface area contributed by atoms with Crippen LogP contribution in [0.15, 0.2) is 17.2 Å². The monoisotopic (exact) mass is 330 g/mol. The molecule has 0 bridgehead atoms. The van der Waals surface area contributed by atoms with Gasteiger partial charge >= 0.3 is 5.97 Å². The van der Waals surface area contributed by atoms with Gasteiger partial charge in [-0.2, -0.15) is 11.8 Å². The number of nitrogens with one attached hydrogen (secondary N) is 1. The molecule has 0 amide bonds. The lowest BCUT2D eigenvalue weighted by Gasteiger charge is -2.09. The van der Waals surface area contributed by atoms with Crippen molar-refractivity contribution in [3.8, 4) is 0 Å². The maximum atomic E-state index is 12.3. The number of carboxylic acid groups (broad SMARTS) is 1. The van der Waals surface area contributed by atoms with Crippen LogP contribution in [0.3, 0.4) is 0 Å². The van der Waals surface area contributed by atoms with Gasteiger partial charge in [0.05, 0.1) is 0 Å². The Balaban J connectivity index is 1.77. The van der Waals surface area contributed by atoms with Gasteiger partial charge in [0.1, 0.15) is 10.6 Å². The molecule has 116 valence electrons. The predicted molar refractivity (Wildman–Crippen MR) is 80.3 cm³/mol. The zero-order chi connectivity index (χ0) is 15.0. The van der Waals surface area contributed by atoms with Crippen molar-refractivity contribution in [3.63, 3.8) is 0 Å².